The molecule has 2 heteroatoms. The van der Waals surface area contributed by atoms with Crippen LogP contribution in [0, 0.1) is 0 Å². The highest BCUT2D eigenvalue weighted by molar-refractivity contribution is 4.44. The molecule has 70 valence electrons. The molecule has 0 spiro atoms. The van der Waals surface area contributed by atoms with Crippen molar-refractivity contribution in [1.29, 1.82) is 0 Å². The molecule has 0 rings (SSSR count). The monoisotopic (exact) mass is 162 g/mol. The summed E-state index contributed by atoms with van der Waals surface area (Å²) in [5.74, 6) is 0. The van der Waals surface area contributed by atoms with E-state index >= 15 is 0 Å². The Labute approximate surface area is 70.9 Å². The molecule has 0 amide bonds. The first-order chi connectivity index (χ1) is 4.85. The maximum absolute atomic E-state index is 5.02. The predicted molar refractivity (Wildman–Crippen MR) is 48.7 cm³/mol. The van der Waals surface area contributed by atoms with Crippen LogP contribution in [0.3, 0.4) is 0 Å². The number of hydrogen-bond donors (Lipinski definition) is 0. The summed E-state index contributed by atoms with van der Waals surface area (Å²) in [6.07, 6.45) is 4.74. The van der Waals surface area contributed by atoms with Crippen molar-refractivity contribution in [2.45, 2.75) is 46.3 Å². The fraction of sp³-hybridized carbons (Fsp3) is 1.00. The van der Waals surface area contributed by atoms with E-state index in [-0.39, 0.29) is 13.7 Å². The van der Waals surface area contributed by atoms with E-state index in [4.69, 9.17) is 9.47 Å². The molecule has 0 aliphatic rings. The summed E-state index contributed by atoms with van der Waals surface area (Å²) >= 11 is 0. The highest BCUT2D eigenvalue weighted by Gasteiger charge is 2.02. The molecular weight excluding hydrogens is 140 g/mol. The molecule has 0 atom stereocenters. The third-order valence-electron chi connectivity index (χ3n) is 1.57. The van der Waals surface area contributed by atoms with Crippen LogP contribution in [0.4, 0.5) is 0 Å². The van der Waals surface area contributed by atoms with Crippen LogP contribution in [-0.2, 0) is 9.47 Å². The average molecular weight is 162 g/mol. The zero-order valence-electron chi connectivity index (χ0n) is 7.22. The van der Waals surface area contributed by atoms with E-state index in [1.807, 2.05) is 0 Å². The van der Waals surface area contributed by atoms with Gasteiger partial charge < -0.3 is 9.47 Å². The van der Waals surface area contributed by atoms with Crippen LogP contribution in [0.25, 0.3) is 0 Å². The molecule has 0 fully saturated rings. The molecule has 0 aromatic rings. The van der Waals surface area contributed by atoms with Gasteiger partial charge in [0.05, 0.1) is 0 Å². The van der Waals surface area contributed by atoms with Gasteiger partial charge in [0.25, 0.3) is 0 Å². The molecule has 0 heterocycles. The lowest BCUT2D eigenvalue weighted by Crippen LogP contribution is -2.12. The number of methoxy groups -OCH3 is 2. The summed E-state index contributed by atoms with van der Waals surface area (Å²) in [6, 6.07) is 0. The molecule has 0 aromatic carbocycles. The minimum atomic E-state index is 0. The third kappa shape index (κ3) is 7.82. The van der Waals surface area contributed by atoms with Crippen LogP contribution in [0.1, 0.15) is 40.0 Å². The van der Waals surface area contributed by atoms with E-state index in [1.54, 1.807) is 14.2 Å². The Morgan fingerprint density at radius 1 is 1.09 bits per heavy atom. The molecule has 2 nitrogen and oxygen atoms in total. The van der Waals surface area contributed by atoms with Crippen molar-refractivity contribution in [3.05, 3.63) is 0 Å². The quantitative estimate of drug-likeness (QED) is 0.441. The maximum Gasteiger partial charge on any atom is 0.156 e. The normalized spacial score (nSPS) is 9.82. The highest BCUT2D eigenvalue weighted by Crippen LogP contribution is 2.05. The largest absolute Gasteiger partial charge is 0.356 e. The van der Waals surface area contributed by atoms with E-state index < -0.39 is 0 Å². The second-order valence-electron chi connectivity index (χ2n) is 2.40. The molecule has 0 saturated heterocycles. The SMILES string of the molecule is C.CCCCCC(OC)OC. The maximum atomic E-state index is 5.02. The summed E-state index contributed by atoms with van der Waals surface area (Å²) in [5, 5.41) is 0. The molecule has 0 bridgehead atoms. The second-order valence-corrected chi connectivity index (χ2v) is 2.40. The Bertz CT molecular complexity index is 60.6. The van der Waals surface area contributed by atoms with Gasteiger partial charge in [-0.15, -0.1) is 0 Å². The molecule has 0 radical (unpaired) electrons. The zero-order valence-corrected chi connectivity index (χ0v) is 7.22. The van der Waals surface area contributed by atoms with E-state index in [1.165, 1.54) is 19.3 Å². The Hall–Kier alpha value is -0.0800. The van der Waals surface area contributed by atoms with Gasteiger partial charge in [-0.25, -0.2) is 0 Å². The fourth-order valence-corrected chi connectivity index (χ4v) is 0.893. The van der Waals surface area contributed by atoms with Crippen LogP contribution in [0.2, 0.25) is 0 Å². The van der Waals surface area contributed by atoms with E-state index in [0.29, 0.717) is 0 Å². The third-order valence-corrected chi connectivity index (χ3v) is 1.57. The first kappa shape index (κ1) is 13.5. The summed E-state index contributed by atoms with van der Waals surface area (Å²) < 4.78 is 10.0. The van der Waals surface area contributed by atoms with E-state index in [0.717, 1.165) is 6.42 Å². The van der Waals surface area contributed by atoms with Crippen LogP contribution < -0.4 is 0 Å². The van der Waals surface area contributed by atoms with Gasteiger partial charge in [0.15, 0.2) is 6.29 Å². The molecular formula is C9H22O2. The first-order valence-electron chi connectivity index (χ1n) is 3.90. The van der Waals surface area contributed by atoms with Crippen molar-refractivity contribution >= 4 is 0 Å². The second kappa shape index (κ2) is 9.92. The topological polar surface area (TPSA) is 18.5 Å². The van der Waals surface area contributed by atoms with Gasteiger partial charge >= 0.3 is 0 Å². The minimum absolute atomic E-state index is 0. The van der Waals surface area contributed by atoms with Gasteiger partial charge in [-0.3, -0.25) is 0 Å². The van der Waals surface area contributed by atoms with Crippen molar-refractivity contribution in [2.75, 3.05) is 14.2 Å². The average Bonchev–Trinajstić information content (AvgIpc) is 1.99. The Kier molecular flexibility index (Phi) is 12.2. The molecule has 0 aliphatic carbocycles. The van der Waals surface area contributed by atoms with Crippen LogP contribution in [0.5, 0.6) is 0 Å². The summed E-state index contributed by atoms with van der Waals surface area (Å²) in [5.41, 5.74) is 0. The van der Waals surface area contributed by atoms with Gasteiger partial charge in [0, 0.05) is 14.2 Å². The smallest absolute Gasteiger partial charge is 0.156 e. The van der Waals surface area contributed by atoms with Gasteiger partial charge in [-0.05, 0) is 12.8 Å². The lowest BCUT2D eigenvalue weighted by atomic mass is 10.2. The Morgan fingerprint density at radius 2 is 1.64 bits per heavy atom. The van der Waals surface area contributed by atoms with Crippen LogP contribution in [0.15, 0.2) is 0 Å². The minimum Gasteiger partial charge on any atom is -0.356 e. The molecule has 0 unspecified atom stereocenters. The lowest BCUT2D eigenvalue weighted by Gasteiger charge is -2.11. The van der Waals surface area contributed by atoms with E-state index in [9.17, 15) is 0 Å². The number of hydrogen-bond acceptors (Lipinski definition) is 2. The molecule has 0 N–H and O–H groups in total. The summed E-state index contributed by atoms with van der Waals surface area (Å²) in [7, 11) is 3.36. The first-order valence-corrected chi connectivity index (χ1v) is 3.90. The molecule has 0 aromatic heterocycles. The Morgan fingerprint density at radius 3 is 2.00 bits per heavy atom. The lowest BCUT2D eigenvalue weighted by molar-refractivity contribution is -0.107. The van der Waals surface area contributed by atoms with Crippen molar-refractivity contribution in [2.24, 2.45) is 0 Å². The zero-order chi connectivity index (χ0) is 7.82. The van der Waals surface area contributed by atoms with Gasteiger partial charge in [0.1, 0.15) is 0 Å². The molecule has 0 saturated carbocycles. The van der Waals surface area contributed by atoms with Gasteiger partial charge in [0.2, 0.25) is 0 Å². The predicted octanol–water partition coefficient (Wildman–Crippen LogP) is 2.82. The van der Waals surface area contributed by atoms with Gasteiger partial charge in [-0.2, -0.15) is 0 Å². The highest BCUT2D eigenvalue weighted by atomic mass is 16.7. The van der Waals surface area contributed by atoms with Crippen LogP contribution >= 0.6 is 0 Å². The molecule has 11 heavy (non-hydrogen) atoms. The van der Waals surface area contributed by atoms with E-state index in [2.05, 4.69) is 6.92 Å². The van der Waals surface area contributed by atoms with Gasteiger partial charge in [-0.1, -0.05) is 27.2 Å². The van der Waals surface area contributed by atoms with Crippen LogP contribution in [-0.4, -0.2) is 20.5 Å². The van der Waals surface area contributed by atoms with Crippen molar-refractivity contribution < 1.29 is 9.47 Å². The van der Waals surface area contributed by atoms with Crippen molar-refractivity contribution in [3.63, 3.8) is 0 Å². The number of ether oxygens (including phenoxy) is 2. The standard InChI is InChI=1S/C8H18O2.CH4/c1-4-5-6-7-8(9-2)10-3;/h8H,4-7H2,1-3H3;1H4. The molecule has 0 aliphatic heterocycles. The number of unbranched alkanes of at least 4 members (excludes halogenated alkanes) is 2. The van der Waals surface area contributed by atoms with Crippen molar-refractivity contribution in [3.8, 4) is 0 Å². The summed E-state index contributed by atoms with van der Waals surface area (Å²) in [4.78, 5) is 0. The summed E-state index contributed by atoms with van der Waals surface area (Å²) in [6.45, 7) is 2.19. The Balaban J connectivity index is 0. The van der Waals surface area contributed by atoms with Crippen molar-refractivity contribution in [1.82, 2.24) is 0 Å². The number of rotatable bonds is 6. The fourth-order valence-electron chi connectivity index (χ4n) is 0.893.